The summed E-state index contributed by atoms with van der Waals surface area (Å²) in [5.41, 5.74) is 5.68. The Morgan fingerprint density at radius 3 is 2.08 bits per heavy atom. The summed E-state index contributed by atoms with van der Waals surface area (Å²) in [5.74, 6) is 3.45. The van der Waals surface area contributed by atoms with Crippen LogP contribution in [0.25, 0.3) is 32.1 Å². The van der Waals surface area contributed by atoms with Crippen molar-refractivity contribution in [1.29, 1.82) is 0 Å². The molecule has 4 aliphatic rings. The summed E-state index contributed by atoms with van der Waals surface area (Å²) >= 11 is 2.07. The summed E-state index contributed by atoms with van der Waals surface area (Å²) < 4.78 is 1.37. The van der Waals surface area contributed by atoms with Gasteiger partial charge in [-0.1, -0.05) is 77.6 Å². The number of thiophene rings is 1. The molecule has 2 aromatic heterocycles. The average molecular weight is 869 g/mol. The van der Waals surface area contributed by atoms with E-state index in [1.165, 1.54) is 76.6 Å². The Morgan fingerprint density at radius 1 is 0.940 bits per heavy atom. The summed E-state index contributed by atoms with van der Waals surface area (Å²) in [7, 11) is 0. The van der Waals surface area contributed by atoms with Gasteiger partial charge < -0.3 is 5.11 Å². The number of benzene rings is 2. The maximum Gasteiger partial charge on any atom is 0.162 e. The number of ketones is 1. The molecule has 2 heterocycles. The standard InChI is InChI=1S/C32H34NS.C13H24O2.Ir/c1-19-25-9-10-33-28(24-14-23-7-5-6-8-26(23)27(15-24)31(2,3)4)29(25)34-30(19)32-16-20-11-21(17-32)13-22(12-20)18-32;1-5-10(6-2)12(14)9-13(15)11(7-3)8-4;/h5-10,15,20-22H,11-13,16-18H2,1-4H3;9-11,14H,5-8H2,1-4H3;/q-1;;/b;12-9-;. The number of carbonyl (C=O) groups excluding carboxylic acids is 1. The Hall–Kier alpha value is -2.33. The summed E-state index contributed by atoms with van der Waals surface area (Å²) in [6.45, 7) is 17.4. The number of fused-ring (bicyclic) bond motifs is 2. The number of pyridine rings is 1. The first-order valence-corrected chi connectivity index (χ1v) is 20.0. The van der Waals surface area contributed by atoms with Crippen molar-refractivity contribution in [1.82, 2.24) is 4.98 Å². The Bertz CT molecular complexity index is 1800. The van der Waals surface area contributed by atoms with Gasteiger partial charge in [0.1, 0.15) is 0 Å². The Balaban J connectivity index is 0.000000261. The molecule has 0 aliphatic heterocycles. The van der Waals surface area contributed by atoms with E-state index < -0.39 is 0 Å². The minimum atomic E-state index is 0. The van der Waals surface area contributed by atoms with Crippen LogP contribution in [0.3, 0.4) is 0 Å². The van der Waals surface area contributed by atoms with Gasteiger partial charge in [-0.25, -0.2) is 0 Å². The fourth-order valence-corrected chi connectivity index (χ4v) is 11.5. The first kappa shape index (κ1) is 38.9. The van der Waals surface area contributed by atoms with Gasteiger partial charge in [0.05, 0.1) is 5.76 Å². The largest absolute Gasteiger partial charge is 0.512 e. The third-order valence-corrected chi connectivity index (χ3v) is 13.9. The van der Waals surface area contributed by atoms with Crippen molar-refractivity contribution >= 4 is 38.0 Å². The molecule has 3 nitrogen and oxygen atoms in total. The Labute approximate surface area is 319 Å². The minimum Gasteiger partial charge on any atom is -0.512 e. The van der Waals surface area contributed by atoms with E-state index in [0.29, 0.717) is 5.41 Å². The van der Waals surface area contributed by atoms with Crippen molar-refractivity contribution in [3.05, 3.63) is 76.5 Å². The number of aryl methyl sites for hydroxylation is 1. The van der Waals surface area contributed by atoms with Crippen molar-refractivity contribution in [2.75, 3.05) is 0 Å². The third kappa shape index (κ3) is 7.58. The molecule has 8 rings (SSSR count). The van der Waals surface area contributed by atoms with Crippen molar-refractivity contribution in [3.8, 4) is 11.3 Å². The summed E-state index contributed by atoms with van der Waals surface area (Å²) in [5, 5.41) is 13.7. The van der Waals surface area contributed by atoms with Gasteiger partial charge in [-0.2, -0.15) is 0 Å². The molecule has 0 spiro atoms. The normalized spacial score (nSPS) is 23.0. The third-order valence-electron chi connectivity index (χ3n) is 12.3. The second-order valence-corrected chi connectivity index (χ2v) is 17.7. The fourth-order valence-electron chi connectivity index (χ4n) is 9.99. The molecule has 4 saturated carbocycles. The molecule has 0 unspecified atom stereocenters. The second-order valence-electron chi connectivity index (χ2n) is 16.7. The van der Waals surface area contributed by atoms with Gasteiger partial charge in [0.15, 0.2) is 5.78 Å². The van der Waals surface area contributed by atoms with Gasteiger partial charge in [0.2, 0.25) is 0 Å². The molecule has 0 atom stereocenters. The quantitative estimate of drug-likeness (QED) is 0.104. The minimum absolute atomic E-state index is 0. The SMILES string of the molecule is CCC(CC)C(=O)/C=C(\O)C(CC)CC.Cc1c(C23CC4CC(CC(C4)C2)C3)sc2c(-c3[c-]c4ccccc4c(C(C)(C)C)c3)nccc12.[Ir]. The summed E-state index contributed by atoms with van der Waals surface area (Å²) in [4.78, 5) is 18.4. The predicted octanol–water partition coefficient (Wildman–Crippen LogP) is 12.9. The van der Waals surface area contributed by atoms with Gasteiger partial charge in [0, 0.05) is 64.9 Å². The number of aliphatic hydroxyl groups is 1. The molecule has 2 aromatic carbocycles. The van der Waals surface area contributed by atoms with E-state index in [-0.39, 0.29) is 48.9 Å². The number of carbonyl (C=O) groups is 1. The predicted molar refractivity (Wildman–Crippen MR) is 209 cm³/mol. The van der Waals surface area contributed by atoms with E-state index in [0.717, 1.165) is 54.7 Å². The van der Waals surface area contributed by atoms with Crippen molar-refractivity contribution in [3.63, 3.8) is 0 Å². The van der Waals surface area contributed by atoms with Crippen LogP contribution >= 0.6 is 11.3 Å². The first-order chi connectivity index (χ1) is 23.4. The van der Waals surface area contributed by atoms with Crippen LogP contribution in [0.2, 0.25) is 0 Å². The van der Waals surface area contributed by atoms with E-state index in [1.807, 2.05) is 33.9 Å². The van der Waals surface area contributed by atoms with Gasteiger partial charge in [-0.05, 0) is 111 Å². The first-order valence-electron chi connectivity index (χ1n) is 19.2. The van der Waals surface area contributed by atoms with E-state index in [9.17, 15) is 9.90 Å². The number of allylic oxidation sites excluding steroid dienone is 2. The van der Waals surface area contributed by atoms with Crippen LogP contribution in [0, 0.1) is 42.6 Å². The summed E-state index contributed by atoms with van der Waals surface area (Å²) in [6.07, 6.45) is 15.7. The molecular weight excluding hydrogens is 811 g/mol. The molecular formula is C45H58IrNO2S-. The second kappa shape index (κ2) is 15.7. The monoisotopic (exact) mass is 869 g/mol. The van der Waals surface area contributed by atoms with Crippen LogP contribution in [0.4, 0.5) is 0 Å². The summed E-state index contributed by atoms with van der Waals surface area (Å²) in [6, 6.07) is 17.1. The molecule has 271 valence electrons. The number of hydrogen-bond acceptors (Lipinski definition) is 4. The van der Waals surface area contributed by atoms with E-state index >= 15 is 0 Å². The van der Waals surface area contributed by atoms with Crippen molar-refractivity contribution in [2.24, 2.45) is 29.6 Å². The topological polar surface area (TPSA) is 50.2 Å². The molecule has 5 heteroatoms. The number of aliphatic hydroxyl groups excluding tert-OH is 1. The van der Waals surface area contributed by atoms with Gasteiger partial charge in [-0.3, -0.25) is 9.78 Å². The van der Waals surface area contributed by atoms with E-state index in [1.54, 1.807) is 4.88 Å². The number of rotatable bonds is 9. The molecule has 1 radical (unpaired) electrons. The van der Waals surface area contributed by atoms with Crippen LogP contribution < -0.4 is 0 Å². The Kier molecular flexibility index (Phi) is 12.2. The van der Waals surface area contributed by atoms with Crippen LogP contribution in [0.1, 0.15) is 129 Å². The van der Waals surface area contributed by atoms with E-state index in [2.05, 4.69) is 81.5 Å². The van der Waals surface area contributed by atoms with Crippen molar-refractivity contribution in [2.45, 2.75) is 130 Å². The molecule has 4 fully saturated rings. The fraction of sp³-hybridized carbons (Fsp3) is 0.556. The van der Waals surface area contributed by atoms with Crippen LogP contribution in [-0.2, 0) is 35.7 Å². The number of nitrogens with zero attached hydrogens (tertiary/aromatic N) is 1. The van der Waals surface area contributed by atoms with Crippen LogP contribution in [-0.4, -0.2) is 15.9 Å². The Morgan fingerprint density at radius 2 is 1.52 bits per heavy atom. The zero-order valence-corrected chi connectivity index (χ0v) is 34.8. The molecule has 0 saturated heterocycles. The molecule has 0 amide bonds. The van der Waals surface area contributed by atoms with Gasteiger partial charge in [0.25, 0.3) is 0 Å². The maximum atomic E-state index is 11.7. The number of aromatic nitrogens is 1. The van der Waals surface area contributed by atoms with E-state index in [4.69, 9.17) is 4.98 Å². The average Bonchev–Trinajstić information content (AvgIpc) is 3.42. The smallest absolute Gasteiger partial charge is 0.162 e. The molecule has 50 heavy (non-hydrogen) atoms. The van der Waals surface area contributed by atoms with Crippen LogP contribution in [0.5, 0.6) is 0 Å². The molecule has 4 aliphatic carbocycles. The van der Waals surface area contributed by atoms with Gasteiger partial charge in [-0.15, -0.1) is 40.5 Å². The maximum absolute atomic E-state index is 11.7. The van der Waals surface area contributed by atoms with Crippen LogP contribution in [0.15, 0.2) is 54.4 Å². The molecule has 4 aromatic rings. The zero-order valence-electron chi connectivity index (χ0n) is 31.6. The molecule has 4 bridgehead atoms. The van der Waals surface area contributed by atoms with Gasteiger partial charge >= 0.3 is 0 Å². The molecule has 1 N–H and O–H groups in total. The van der Waals surface area contributed by atoms with Crippen molar-refractivity contribution < 1.29 is 30.0 Å². The zero-order chi connectivity index (χ0) is 35.1. The number of hydrogen-bond donors (Lipinski definition) is 1.